The zero-order chi connectivity index (χ0) is 20.9. The molecule has 1 saturated heterocycles. The predicted octanol–water partition coefficient (Wildman–Crippen LogP) is 5.13. The van der Waals surface area contributed by atoms with Gasteiger partial charge in [-0.1, -0.05) is 35.9 Å². The van der Waals surface area contributed by atoms with E-state index in [9.17, 15) is 9.18 Å². The maximum absolute atomic E-state index is 13.2. The number of halogens is 2. The van der Waals surface area contributed by atoms with Gasteiger partial charge >= 0.3 is 0 Å². The van der Waals surface area contributed by atoms with Gasteiger partial charge in [0.05, 0.1) is 16.3 Å². The summed E-state index contributed by atoms with van der Waals surface area (Å²) in [5, 5.41) is 1.42. The monoisotopic (exact) mass is 441 g/mol. The molecule has 1 fully saturated rings. The van der Waals surface area contributed by atoms with Gasteiger partial charge in [-0.3, -0.25) is 4.79 Å². The summed E-state index contributed by atoms with van der Waals surface area (Å²) in [7, 11) is 0. The van der Waals surface area contributed by atoms with Gasteiger partial charge in [-0.15, -0.1) is 11.8 Å². The normalized spacial score (nSPS) is 14.1. The molecule has 0 N–H and O–H groups in total. The average molecular weight is 442 g/mol. The van der Waals surface area contributed by atoms with Crippen LogP contribution in [0.15, 0.2) is 71.9 Å². The van der Waals surface area contributed by atoms with Crippen LogP contribution in [-0.2, 0) is 5.75 Å². The van der Waals surface area contributed by atoms with E-state index in [2.05, 4.69) is 9.88 Å². The number of pyridine rings is 1. The maximum atomic E-state index is 13.2. The molecule has 0 unspecified atom stereocenters. The molecule has 1 aliphatic rings. The van der Waals surface area contributed by atoms with Crippen LogP contribution in [0.4, 0.5) is 10.1 Å². The first-order valence-corrected chi connectivity index (χ1v) is 11.1. The summed E-state index contributed by atoms with van der Waals surface area (Å²) >= 11 is 7.80. The molecular formula is C23H21ClFN3OS. The Morgan fingerprint density at radius 1 is 1.00 bits per heavy atom. The van der Waals surface area contributed by atoms with Gasteiger partial charge in [0.1, 0.15) is 10.8 Å². The number of para-hydroxylation sites is 1. The molecule has 30 heavy (non-hydrogen) atoms. The predicted molar refractivity (Wildman–Crippen MR) is 120 cm³/mol. The highest BCUT2D eigenvalue weighted by Crippen LogP contribution is 2.28. The smallest absolute Gasteiger partial charge is 0.256 e. The van der Waals surface area contributed by atoms with E-state index < -0.39 is 0 Å². The Balaban J connectivity index is 1.41. The first-order chi connectivity index (χ1) is 14.6. The van der Waals surface area contributed by atoms with Crippen LogP contribution in [-0.4, -0.2) is 42.0 Å². The lowest BCUT2D eigenvalue weighted by Crippen LogP contribution is -2.49. The summed E-state index contributed by atoms with van der Waals surface area (Å²) in [6.45, 7) is 2.71. The highest BCUT2D eigenvalue weighted by molar-refractivity contribution is 7.98. The number of aromatic nitrogens is 1. The van der Waals surface area contributed by atoms with Crippen LogP contribution >= 0.6 is 23.4 Å². The minimum atomic E-state index is -0.256. The first kappa shape index (κ1) is 20.7. The number of thioether (sulfide) groups is 1. The lowest BCUT2D eigenvalue weighted by atomic mass is 10.2. The van der Waals surface area contributed by atoms with Crippen molar-refractivity contribution in [2.75, 3.05) is 31.1 Å². The molecule has 154 valence electrons. The number of amides is 1. The summed E-state index contributed by atoms with van der Waals surface area (Å²) < 4.78 is 13.1. The molecule has 1 amide bonds. The van der Waals surface area contributed by atoms with E-state index in [-0.39, 0.29) is 11.7 Å². The Kier molecular flexibility index (Phi) is 6.55. The van der Waals surface area contributed by atoms with E-state index in [1.807, 2.05) is 35.2 Å². The fourth-order valence-electron chi connectivity index (χ4n) is 3.43. The number of benzene rings is 2. The van der Waals surface area contributed by atoms with Crippen LogP contribution in [0.5, 0.6) is 0 Å². The van der Waals surface area contributed by atoms with Gasteiger partial charge in [0.25, 0.3) is 5.91 Å². The van der Waals surface area contributed by atoms with Crippen LogP contribution in [0.1, 0.15) is 15.9 Å². The lowest BCUT2D eigenvalue weighted by Gasteiger charge is -2.36. The van der Waals surface area contributed by atoms with Crippen molar-refractivity contribution < 1.29 is 9.18 Å². The van der Waals surface area contributed by atoms with Crippen LogP contribution in [0.2, 0.25) is 5.02 Å². The fraction of sp³-hybridized carbons (Fsp3) is 0.217. The maximum Gasteiger partial charge on any atom is 0.256 e. The summed E-state index contributed by atoms with van der Waals surface area (Å²) in [6.07, 6.45) is 1.69. The Morgan fingerprint density at radius 3 is 2.47 bits per heavy atom. The molecule has 0 saturated carbocycles. The average Bonchev–Trinajstić information content (AvgIpc) is 2.79. The molecule has 4 rings (SSSR count). The molecule has 7 heteroatoms. The molecule has 2 aromatic carbocycles. The van der Waals surface area contributed by atoms with Crippen molar-refractivity contribution in [1.82, 2.24) is 9.88 Å². The quantitative estimate of drug-likeness (QED) is 0.514. The molecule has 1 aliphatic heterocycles. The third-order valence-corrected chi connectivity index (χ3v) is 6.45. The summed E-state index contributed by atoms with van der Waals surface area (Å²) in [5.74, 6) is 0.356. The van der Waals surface area contributed by atoms with Crippen molar-refractivity contribution in [3.05, 3.63) is 88.8 Å². The third-order valence-electron chi connectivity index (χ3n) is 5.05. The van der Waals surface area contributed by atoms with Crippen molar-refractivity contribution in [2.24, 2.45) is 0 Å². The van der Waals surface area contributed by atoms with E-state index >= 15 is 0 Å². The second kappa shape index (κ2) is 9.49. The van der Waals surface area contributed by atoms with E-state index in [4.69, 9.17) is 11.6 Å². The molecule has 2 heterocycles. The van der Waals surface area contributed by atoms with E-state index in [1.165, 1.54) is 23.9 Å². The standard InChI is InChI=1S/C23H21ClFN3OS/c24-20-5-1-2-6-21(20)27-12-14-28(15-13-27)23(29)19-4-3-11-26-22(19)30-16-17-7-9-18(25)10-8-17/h1-11H,12-16H2. The number of carbonyl (C=O) groups is 1. The zero-order valence-corrected chi connectivity index (χ0v) is 17.9. The van der Waals surface area contributed by atoms with Gasteiger partial charge in [-0.2, -0.15) is 0 Å². The van der Waals surface area contributed by atoms with E-state index in [1.54, 1.807) is 24.4 Å². The molecule has 0 bridgehead atoms. The highest BCUT2D eigenvalue weighted by Gasteiger charge is 2.25. The third kappa shape index (κ3) is 4.77. The summed E-state index contributed by atoms with van der Waals surface area (Å²) in [5.41, 5.74) is 2.60. The second-order valence-corrected chi connectivity index (χ2v) is 8.37. The summed E-state index contributed by atoms with van der Waals surface area (Å²) in [4.78, 5) is 21.7. The van der Waals surface area contributed by atoms with Gasteiger partial charge in [0.2, 0.25) is 0 Å². The number of piperazine rings is 1. The SMILES string of the molecule is O=C(c1cccnc1SCc1ccc(F)cc1)N1CCN(c2ccccc2Cl)CC1. The molecule has 3 aromatic rings. The van der Waals surface area contributed by atoms with Crippen LogP contribution in [0.25, 0.3) is 0 Å². The molecular weight excluding hydrogens is 421 g/mol. The number of carbonyl (C=O) groups excluding carboxylic acids is 1. The second-order valence-electron chi connectivity index (χ2n) is 7.00. The van der Waals surface area contributed by atoms with E-state index in [0.29, 0.717) is 29.4 Å². The lowest BCUT2D eigenvalue weighted by molar-refractivity contribution is 0.0742. The molecule has 4 nitrogen and oxygen atoms in total. The van der Waals surface area contributed by atoms with Gasteiger partial charge in [-0.05, 0) is 42.0 Å². The van der Waals surface area contributed by atoms with Crippen molar-refractivity contribution in [3.63, 3.8) is 0 Å². The molecule has 0 spiro atoms. The number of rotatable bonds is 5. The Morgan fingerprint density at radius 2 is 1.73 bits per heavy atom. The van der Waals surface area contributed by atoms with Crippen LogP contribution in [0, 0.1) is 5.82 Å². The molecule has 0 radical (unpaired) electrons. The Hall–Kier alpha value is -2.57. The van der Waals surface area contributed by atoms with Crippen molar-refractivity contribution in [2.45, 2.75) is 10.8 Å². The Labute approximate surface area is 184 Å². The first-order valence-electron chi connectivity index (χ1n) is 9.73. The van der Waals surface area contributed by atoms with Gasteiger partial charge in [0, 0.05) is 38.1 Å². The minimum Gasteiger partial charge on any atom is -0.367 e. The molecule has 0 atom stereocenters. The number of anilines is 1. The van der Waals surface area contributed by atoms with E-state index in [0.717, 1.165) is 29.4 Å². The highest BCUT2D eigenvalue weighted by atomic mass is 35.5. The Bertz CT molecular complexity index is 1020. The van der Waals surface area contributed by atoms with Crippen molar-refractivity contribution in [3.8, 4) is 0 Å². The van der Waals surface area contributed by atoms with Crippen molar-refractivity contribution in [1.29, 1.82) is 0 Å². The fourth-order valence-corrected chi connectivity index (χ4v) is 4.63. The van der Waals surface area contributed by atoms with Gasteiger partial charge in [0.15, 0.2) is 0 Å². The van der Waals surface area contributed by atoms with Crippen LogP contribution < -0.4 is 4.90 Å². The topological polar surface area (TPSA) is 36.4 Å². The minimum absolute atomic E-state index is 0.0106. The van der Waals surface area contributed by atoms with Crippen LogP contribution in [0.3, 0.4) is 0 Å². The van der Waals surface area contributed by atoms with Gasteiger partial charge in [-0.25, -0.2) is 9.37 Å². The van der Waals surface area contributed by atoms with Gasteiger partial charge < -0.3 is 9.80 Å². The number of nitrogens with zero attached hydrogens (tertiary/aromatic N) is 3. The molecule has 0 aliphatic carbocycles. The summed E-state index contributed by atoms with van der Waals surface area (Å²) in [6, 6.07) is 17.8. The zero-order valence-electron chi connectivity index (χ0n) is 16.3. The largest absolute Gasteiger partial charge is 0.367 e. The number of hydrogen-bond acceptors (Lipinski definition) is 4. The number of hydrogen-bond donors (Lipinski definition) is 0. The van der Waals surface area contributed by atoms with Crippen molar-refractivity contribution >= 4 is 35.0 Å². The molecule has 1 aromatic heterocycles.